The van der Waals surface area contributed by atoms with Crippen molar-refractivity contribution in [1.29, 1.82) is 0 Å². The molecule has 0 aromatic carbocycles. The normalized spacial score (nSPS) is 42.4. The summed E-state index contributed by atoms with van der Waals surface area (Å²) in [5.74, 6) is 5.45. The predicted molar refractivity (Wildman–Crippen MR) is 103 cm³/mol. The van der Waals surface area contributed by atoms with Gasteiger partial charge in [-0.3, -0.25) is 0 Å². The van der Waals surface area contributed by atoms with Crippen LogP contribution in [0.4, 0.5) is 0 Å². The van der Waals surface area contributed by atoms with Gasteiger partial charge in [0.25, 0.3) is 0 Å². The summed E-state index contributed by atoms with van der Waals surface area (Å²) in [6, 6.07) is 0. The number of rotatable bonds is 5. The molecule has 3 aliphatic rings. The summed E-state index contributed by atoms with van der Waals surface area (Å²) >= 11 is 0. The van der Waals surface area contributed by atoms with Gasteiger partial charge in [0.15, 0.2) is 0 Å². The first-order chi connectivity index (χ1) is 11.7. The van der Waals surface area contributed by atoms with E-state index in [1.54, 1.807) is 0 Å². The summed E-state index contributed by atoms with van der Waals surface area (Å²) in [6.45, 7) is 6.11. The van der Waals surface area contributed by atoms with Gasteiger partial charge in [0.2, 0.25) is 0 Å². The highest BCUT2D eigenvalue weighted by molar-refractivity contribution is 4.89. The van der Waals surface area contributed by atoms with Crippen molar-refractivity contribution in [3.63, 3.8) is 0 Å². The maximum atomic E-state index is 10.1. The Hall–Kier alpha value is -0.300. The van der Waals surface area contributed by atoms with E-state index in [1.165, 1.54) is 77.0 Å². The fourth-order valence-corrected chi connectivity index (χ4v) is 6.27. The Morgan fingerprint density at radius 3 is 1.50 bits per heavy atom. The molecule has 1 N–H and O–H groups in total. The third-order valence-corrected chi connectivity index (χ3v) is 8.08. The summed E-state index contributed by atoms with van der Waals surface area (Å²) in [7, 11) is 0. The molecule has 0 radical (unpaired) electrons. The molecule has 0 heterocycles. The molecule has 138 valence electrons. The second-order valence-electron chi connectivity index (χ2n) is 9.24. The van der Waals surface area contributed by atoms with Crippen molar-refractivity contribution < 1.29 is 5.11 Å². The van der Waals surface area contributed by atoms with Crippen LogP contribution in [0.2, 0.25) is 0 Å². The lowest BCUT2D eigenvalue weighted by Crippen LogP contribution is -2.31. The average Bonchev–Trinajstić information content (AvgIpc) is 2.68. The molecular formula is C23H40O. The fraction of sp³-hybridized carbons (Fsp3) is 0.913. The number of aliphatic hydroxyl groups excluding tert-OH is 1. The first kappa shape index (κ1) is 18.5. The lowest BCUT2D eigenvalue weighted by atomic mass is 9.64. The van der Waals surface area contributed by atoms with Gasteiger partial charge in [-0.1, -0.05) is 13.0 Å². The number of allylic oxidation sites excluding steroid dienone is 1. The average molecular weight is 333 g/mol. The Morgan fingerprint density at radius 2 is 1.12 bits per heavy atom. The van der Waals surface area contributed by atoms with Gasteiger partial charge in [0.05, 0.1) is 6.10 Å². The van der Waals surface area contributed by atoms with Crippen LogP contribution in [0.15, 0.2) is 12.7 Å². The highest BCUT2D eigenvalue weighted by atomic mass is 16.3. The molecule has 0 aliphatic heterocycles. The monoisotopic (exact) mass is 332 g/mol. The molecule has 3 fully saturated rings. The zero-order valence-electron chi connectivity index (χ0n) is 16.0. The number of hydrogen-bond donors (Lipinski definition) is 1. The molecule has 0 saturated heterocycles. The van der Waals surface area contributed by atoms with Gasteiger partial charge in [-0.25, -0.2) is 0 Å². The largest absolute Gasteiger partial charge is 0.393 e. The Morgan fingerprint density at radius 1 is 0.750 bits per heavy atom. The van der Waals surface area contributed by atoms with Crippen LogP contribution >= 0.6 is 0 Å². The zero-order chi connectivity index (χ0) is 16.9. The summed E-state index contributed by atoms with van der Waals surface area (Å²) < 4.78 is 0. The van der Waals surface area contributed by atoms with Gasteiger partial charge >= 0.3 is 0 Å². The van der Waals surface area contributed by atoms with E-state index in [4.69, 9.17) is 0 Å². The second-order valence-corrected chi connectivity index (χ2v) is 9.24. The van der Waals surface area contributed by atoms with Crippen molar-refractivity contribution in [1.82, 2.24) is 0 Å². The number of aliphatic hydroxyl groups is 1. The molecule has 1 unspecified atom stereocenters. The molecule has 0 amide bonds. The zero-order valence-corrected chi connectivity index (χ0v) is 16.0. The van der Waals surface area contributed by atoms with E-state index >= 15 is 0 Å². The predicted octanol–water partition coefficient (Wildman–Crippen LogP) is 6.36. The molecule has 0 spiro atoms. The van der Waals surface area contributed by atoms with E-state index < -0.39 is 0 Å². The van der Waals surface area contributed by atoms with E-state index in [2.05, 4.69) is 19.6 Å². The minimum absolute atomic E-state index is 0.0348. The summed E-state index contributed by atoms with van der Waals surface area (Å²) in [4.78, 5) is 0. The molecule has 0 aromatic rings. The SMILES string of the molecule is C=CC1CCC(C2CCC(C3CCC(C(O)CC)CC3)CC2)CC1. The van der Waals surface area contributed by atoms with Gasteiger partial charge in [-0.05, 0) is 119 Å². The lowest BCUT2D eigenvalue weighted by Gasteiger charge is -2.41. The van der Waals surface area contributed by atoms with Crippen molar-refractivity contribution >= 4 is 0 Å². The lowest BCUT2D eigenvalue weighted by molar-refractivity contribution is 0.0506. The molecule has 3 rings (SSSR count). The third-order valence-electron chi connectivity index (χ3n) is 8.08. The summed E-state index contributed by atoms with van der Waals surface area (Å²) in [5.41, 5.74) is 0. The smallest absolute Gasteiger partial charge is 0.0565 e. The molecule has 0 bridgehead atoms. The van der Waals surface area contributed by atoms with Crippen LogP contribution in [0, 0.1) is 35.5 Å². The van der Waals surface area contributed by atoms with Gasteiger partial charge in [-0.2, -0.15) is 0 Å². The Balaban J connectivity index is 1.39. The van der Waals surface area contributed by atoms with Crippen molar-refractivity contribution in [2.75, 3.05) is 0 Å². The maximum absolute atomic E-state index is 10.1. The van der Waals surface area contributed by atoms with E-state index in [9.17, 15) is 5.11 Å². The molecule has 1 atom stereocenters. The molecule has 3 aliphatic carbocycles. The van der Waals surface area contributed by atoms with Crippen molar-refractivity contribution in [2.24, 2.45) is 35.5 Å². The van der Waals surface area contributed by atoms with Crippen LogP contribution in [0.1, 0.15) is 90.4 Å². The van der Waals surface area contributed by atoms with Gasteiger partial charge in [0.1, 0.15) is 0 Å². The summed E-state index contributed by atoms with van der Waals surface area (Å²) in [5, 5.41) is 10.1. The standard InChI is InChI=1S/C23H40O/c1-3-17-5-7-18(8-6-17)19-9-11-20(12-10-19)21-13-15-22(16-14-21)23(24)4-2/h3,17-24H,1,4-16H2,2H3. The second kappa shape index (κ2) is 8.88. The van der Waals surface area contributed by atoms with Crippen LogP contribution in [-0.4, -0.2) is 11.2 Å². The highest BCUT2D eigenvalue weighted by Crippen LogP contribution is 2.46. The summed E-state index contributed by atoms with van der Waals surface area (Å²) in [6.07, 6.45) is 20.2. The molecule has 0 aromatic heterocycles. The first-order valence-corrected chi connectivity index (χ1v) is 11.0. The first-order valence-electron chi connectivity index (χ1n) is 11.0. The van der Waals surface area contributed by atoms with Crippen LogP contribution in [0.3, 0.4) is 0 Å². The minimum atomic E-state index is -0.0348. The van der Waals surface area contributed by atoms with Gasteiger partial charge in [0, 0.05) is 0 Å². The van der Waals surface area contributed by atoms with Crippen LogP contribution in [-0.2, 0) is 0 Å². The topological polar surface area (TPSA) is 20.2 Å². The maximum Gasteiger partial charge on any atom is 0.0565 e. The van der Waals surface area contributed by atoms with E-state index in [1.807, 2.05) is 0 Å². The van der Waals surface area contributed by atoms with Crippen molar-refractivity contribution in [3.8, 4) is 0 Å². The Bertz CT molecular complexity index is 365. The van der Waals surface area contributed by atoms with Gasteiger partial charge < -0.3 is 5.11 Å². The van der Waals surface area contributed by atoms with Crippen LogP contribution in [0.25, 0.3) is 0 Å². The quantitative estimate of drug-likeness (QED) is 0.580. The molecule has 3 saturated carbocycles. The fourth-order valence-electron chi connectivity index (χ4n) is 6.27. The van der Waals surface area contributed by atoms with E-state index in [-0.39, 0.29) is 6.10 Å². The third kappa shape index (κ3) is 4.45. The Kier molecular flexibility index (Phi) is 6.84. The van der Waals surface area contributed by atoms with Crippen LogP contribution < -0.4 is 0 Å². The van der Waals surface area contributed by atoms with Crippen LogP contribution in [0.5, 0.6) is 0 Å². The van der Waals surface area contributed by atoms with Crippen molar-refractivity contribution in [3.05, 3.63) is 12.7 Å². The number of hydrogen-bond acceptors (Lipinski definition) is 1. The molecule has 1 nitrogen and oxygen atoms in total. The highest BCUT2D eigenvalue weighted by Gasteiger charge is 2.35. The Labute approximate surface area is 150 Å². The van der Waals surface area contributed by atoms with E-state index in [0.29, 0.717) is 5.92 Å². The van der Waals surface area contributed by atoms with E-state index in [0.717, 1.165) is 36.0 Å². The molecular weight excluding hydrogens is 292 g/mol. The van der Waals surface area contributed by atoms with Crippen molar-refractivity contribution in [2.45, 2.75) is 96.5 Å². The van der Waals surface area contributed by atoms with Gasteiger partial charge in [-0.15, -0.1) is 6.58 Å². The molecule has 1 heteroatoms. The minimum Gasteiger partial charge on any atom is -0.393 e. The molecule has 24 heavy (non-hydrogen) atoms.